The molecule has 0 spiro atoms. The van der Waals surface area contributed by atoms with Gasteiger partial charge in [0, 0.05) is 30.7 Å². The molecule has 0 aromatic heterocycles. The number of ether oxygens (including phenoxy) is 1. The van der Waals surface area contributed by atoms with Crippen LogP contribution in [-0.2, 0) is 4.79 Å². The molecule has 0 saturated carbocycles. The van der Waals surface area contributed by atoms with E-state index in [0.29, 0.717) is 29.9 Å². The SMILES string of the molecule is C[C@@H]1CN(C(=O)C(C)(C)Oc2cccc(Cl)c2)CCN1. The fourth-order valence-electron chi connectivity index (χ4n) is 2.37. The Balaban J connectivity index is 2.07. The molecule has 0 radical (unpaired) electrons. The Hall–Kier alpha value is -1.26. The Morgan fingerprint density at radius 3 is 2.90 bits per heavy atom. The summed E-state index contributed by atoms with van der Waals surface area (Å²) in [5.41, 5.74) is -0.901. The maximum Gasteiger partial charge on any atom is 0.266 e. The molecule has 0 unspecified atom stereocenters. The Bertz CT molecular complexity index is 491. The van der Waals surface area contributed by atoms with E-state index >= 15 is 0 Å². The summed E-state index contributed by atoms with van der Waals surface area (Å²) in [6.45, 7) is 7.91. The van der Waals surface area contributed by atoms with Crippen molar-refractivity contribution < 1.29 is 9.53 Å². The zero-order valence-corrected chi connectivity index (χ0v) is 12.9. The van der Waals surface area contributed by atoms with Gasteiger partial charge in [-0.1, -0.05) is 17.7 Å². The smallest absolute Gasteiger partial charge is 0.266 e. The molecular weight excluding hydrogens is 276 g/mol. The van der Waals surface area contributed by atoms with Gasteiger partial charge in [-0.15, -0.1) is 0 Å². The summed E-state index contributed by atoms with van der Waals surface area (Å²) in [7, 11) is 0. The third kappa shape index (κ3) is 3.64. The predicted molar refractivity (Wildman–Crippen MR) is 80.2 cm³/mol. The van der Waals surface area contributed by atoms with Gasteiger partial charge in [-0.05, 0) is 39.0 Å². The standard InChI is InChI=1S/C15H21ClN2O2/c1-11-10-18(8-7-17-11)14(19)15(2,3)20-13-6-4-5-12(16)9-13/h4-6,9,11,17H,7-8,10H2,1-3H3/t11-/m1/s1. The second kappa shape index (κ2) is 6.02. The second-order valence-electron chi connectivity index (χ2n) is 5.68. The highest BCUT2D eigenvalue weighted by Gasteiger charge is 2.35. The van der Waals surface area contributed by atoms with Crippen molar-refractivity contribution in [3.63, 3.8) is 0 Å². The number of carbonyl (C=O) groups is 1. The number of hydrogen-bond acceptors (Lipinski definition) is 3. The lowest BCUT2D eigenvalue weighted by atomic mass is 10.1. The van der Waals surface area contributed by atoms with Gasteiger partial charge in [-0.2, -0.15) is 0 Å². The number of nitrogens with zero attached hydrogens (tertiary/aromatic N) is 1. The molecule has 2 rings (SSSR count). The minimum absolute atomic E-state index is 0.00539. The molecule has 110 valence electrons. The highest BCUT2D eigenvalue weighted by Crippen LogP contribution is 2.23. The quantitative estimate of drug-likeness (QED) is 0.931. The van der Waals surface area contributed by atoms with Crippen LogP contribution in [0.25, 0.3) is 0 Å². The average molecular weight is 297 g/mol. The fraction of sp³-hybridized carbons (Fsp3) is 0.533. The maximum absolute atomic E-state index is 12.6. The third-order valence-corrected chi connectivity index (χ3v) is 3.58. The monoisotopic (exact) mass is 296 g/mol. The van der Waals surface area contributed by atoms with Crippen LogP contribution in [0.5, 0.6) is 5.75 Å². The van der Waals surface area contributed by atoms with Gasteiger partial charge >= 0.3 is 0 Å². The lowest BCUT2D eigenvalue weighted by Gasteiger charge is -2.37. The van der Waals surface area contributed by atoms with E-state index in [1.807, 2.05) is 11.0 Å². The Morgan fingerprint density at radius 1 is 1.50 bits per heavy atom. The van der Waals surface area contributed by atoms with E-state index in [1.165, 1.54) is 0 Å². The molecule has 1 heterocycles. The first-order valence-electron chi connectivity index (χ1n) is 6.86. The van der Waals surface area contributed by atoms with E-state index in [2.05, 4.69) is 12.2 Å². The largest absolute Gasteiger partial charge is 0.478 e. The Labute approximate surface area is 125 Å². The number of halogens is 1. The van der Waals surface area contributed by atoms with Gasteiger partial charge in [0.2, 0.25) is 0 Å². The molecule has 1 saturated heterocycles. The molecule has 1 N–H and O–H groups in total. The first-order chi connectivity index (χ1) is 9.38. The van der Waals surface area contributed by atoms with E-state index in [4.69, 9.17) is 16.3 Å². The Morgan fingerprint density at radius 2 is 2.25 bits per heavy atom. The highest BCUT2D eigenvalue weighted by atomic mass is 35.5. The summed E-state index contributed by atoms with van der Waals surface area (Å²) in [6, 6.07) is 7.43. The first-order valence-corrected chi connectivity index (χ1v) is 7.23. The summed E-state index contributed by atoms with van der Waals surface area (Å²) in [5, 5.41) is 3.92. The third-order valence-electron chi connectivity index (χ3n) is 3.34. The van der Waals surface area contributed by atoms with Crippen molar-refractivity contribution in [1.82, 2.24) is 10.2 Å². The van der Waals surface area contributed by atoms with Crippen LogP contribution in [0.1, 0.15) is 20.8 Å². The van der Waals surface area contributed by atoms with Crippen molar-refractivity contribution in [3.8, 4) is 5.75 Å². The van der Waals surface area contributed by atoms with Crippen LogP contribution in [0.3, 0.4) is 0 Å². The number of nitrogens with one attached hydrogen (secondary N) is 1. The lowest BCUT2D eigenvalue weighted by Crippen LogP contribution is -2.57. The van der Waals surface area contributed by atoms with Crippen molar-refractivity contribution in [2.75, 3.05) is 19.6 Å². The van der Waals surface area contributed by atoms with Crippen LogP contribution in [-0.4, -0.2) is 42.1 Å². The molecule has 1 aromatic carbocycles. The topological polar surface area (TPSA) is 41.6 Å². The molecule has 1 aliphatic rings. The zero-order valence-electron chi connectivity index (χ0n) is 12.1. The summed E-state index contributed by atoms with van der Waals surface area (Å²) < 4.78 is 5.84. The minimum Gasteiger partial charge on any atom is -0.478 e. The zero-order chi connectivity index (χ0) is 14.8. The van der Waals surface area contributed by atoms with Gasteiger partial charge in [0.25, 0.3) is 5.91 Å². The second-order valence-corrected chi connectivity index (χ2v) is 6.11. The van der Waals surface area contributed by atoms with Crippen LogP contribution in [0.2, 0.25) is 5.02 Å². The maximum atomic E-state index is 12.6. The number of hydrogen-bond donors (Lipinski definition) is 1. The van der Waals surface area contributed by atoms with Crippen LogP contribution in [0.15, 0.2) is 24.3 Å². The van der Waals surface area contributed by atoms with E-state index < -0.39 is 5.60 Å². The molecule has 5 heteroatoms. The van der Waals surface area contributed by atoms with Gasteiger partial charge in [0.05, 0.1) is 0 Å². The fourth-order valence-corrected chi connectivity index (χ4v) is 2.55. The van der Waals surface area contributed by atoms with Crippen LogP contribution >= 0.6 is 11.6 Å². The van der Waals surface area contributed by atoms with E-state index in [0.717, 1.165) is 6.54 Å². The van der Waals surface area contributed by atoms with Crippen LogP contribution in [0, 0.1) is 0 Å². The average Bonchev–Trinajstić information content (AvgIpc) is 2.37. The van der Waals surface area contributed by atoms with Gasteiger partial charge < -0.3 is 15.0 Å². The Kier molecular flexibility index (Phi) is 4.55. The lowest BCUT2D eigenvalue weighted by molar-refractivity contribution is -0.146. The van der Waals surface area contributed by atoms with Crippen molar-refractivity contribution in [1.29, 1.82) is 0 Å². The molecule has 1 aliphatic heterocycles. The molecule has 1 aromatic rings. The highest BCUT2D eigenvalue weighted by molar-refractivity contribution is 6.30. The summed E-state index contributed by atoms with van der Waals surface area (Å²) >= 11 is 5.94. The number of piperazine rings is 1. The molecule has 4 nitrogen and oxygen atoms in total. The molecule has 1 fully saturated rings. The van der Waals surface area contributed by atoms with Gasteiger partial charge in [0.1, 0.15) is 5.75 Å². The van der Waals surface area contributed by atoms with Gasteiger partial charge in [-0.3, -0.25) is 4.79 Å². The molecule has 1 atom stereocenters. The van der Waals surface area contributed by atoms with Gasteiger partial charge in [-0.25, -0.2) is 0 Å². The molecule has 1 amide bonds. The van der Waals surface area contributed by atoms with Crippen molar-refractivity contribution in [3.05, 3.63) is 29.3 Å². The molecule has 0 aliphatic carbocycles. The molecule has 0 bridgehead atoms. The van der Waals surface area contributed by atoms with Crippen molar-refractivity contribution in [2.24, 2.45) is 0 Å². The molecule has 20 heavy (non-hydrogen) atoms. The molecular formula is C15H21ClN2O2. The summed E-state index contributed by atoms with van der Waals surface area (Å²) in [4.78, 5) is 14.4. The summed E-state index contributed by atoms with van der Waals surface area (Å²) in [5.74, 6) is 0.616. The van der Waals surface area contributed by atoms with Crippen LogP contribution < -0.4 is 10.1 Å². The normalized spacial score (nSPS) is 19.8. The van der Waals surface area contributed by atoms with E-state index in [9.17, 15) is 4.79 Å². The predicted octanol–water partition coefficient (Wildman–Crippen LogP) is 2.32. The minimum atomic E-state index is -0.901. The van der Waals surface area contributed by atoms with E-state index in [1.54, 1.807) is 32.0 Å². The van der Waals surface area contributed by atoms with Crippen molar-refractivity contribution >= 4 is 17.5 Å². The number of benzene rings is 1. The van der Waals surface area contributed by atoms with Gasteiger partial charge in [0.15, 0.2) is 5.60 Å². The first kappa shape index (κ1) is 15.1. The van der Waals surface area contributed by atoms with E-state index in [-0.39, 0.29) is 5.91 Å². The van der Waals surface area contributed by atoms with Crippen molar-refractivity contribution in [2.45, 2.75) is 32.4 Å². The summed E-state index contributed by atoms with van der Waals surface area (Å²) in [6.07, 6.45) is 0. The van der Waals surface area contributed by atoms with Crippen LogP contribution in [0.4, 0.5) is 0 Å². The number of rotatable bonds is 3. The number of carbonyl (C=O) groups excluding carboxylic acids is 1. The number of amides is 1.